The second-order valence-corrected chi connectivity index (χ2v) is 5.73. The molecule has 0 amide bonds. The maximum atomic E-state index is 5.22. The molecule has 0 aliphatic carbocycles. The lowest BCUT2D eigenvalue weighted by Gasteiger charge is -2.07. The van der Waals surface area contributed by atoms with Crippen molar-refractivity contribution in [1.82, 2.24) is 15.0 Å². The number of fused-ring (bicyclic) bond motifs is 1. The lowest BCUT2D eigenvalue weighted by molar-refractivity contribution is 0.992. The lowest BCUT2D eigenvalue weighted by Crippen LogP contribution is -1.97. The first-order chi connectivity index (χ1) is 9.67. The molecule has 0 fully saturated rings. The van der Waals surface area contributed by atoms with Gasteiger partial charge in [-0.15, -0.1) is 0 Å². The van der Waals surface area contributed by atoms with Crippen LogP contribution in [0.4, 0.5) is 0 Å². The number of hydrogen-bond acceptors (Lipinski definition) is 3. The maximum Gasteiger partial charge on any atom is 0.159 e. The summed E-state index contributed by atoms with van der Waals surface area (Å²) < 4.78 is 1.49. The highest BCUT2D eigenvalue weighted by Gasteiger charge is 2.10. The second-order valence-electron chi connectivity index (χ2n) is 4.46. The van der Waals surface area contributed by atoms with E-state index in [1.807, 2.05) is 30.3 Å². The van der Waals surface area contributed by atoms with Crippen molar-refractivity contribution in [2.75, 3.05) is 0 Å². The summed E-state index contributed by atoms with van der Waals surface area (Å²) in [5.41, 5.74) is 2.78. The predicted molar refractivity (Wildman–Crippen MR) is 87.2 cm³/mol. The molecule has 3 rings (SSSR count). The van der Waals surface area contributed by atoms with Gasteiger partial charge in [-0.25, -0.2) is 9.97 Å². The van der Waals surface area contributed by atoms with Crippen molar-refractivity contribution in [3.05, 3.63) is 51.2 Å². The molecule has 0 radical (unpaired) electrons. The largest absolute Gasteiger partial charge is 0.342 e. The molecule has 2 aromatic heterocycles. The van der Waals surface area contributed by atoms with Crippen LogP contribution in [-0.4, -0.2) is 15.0 Å². The Balaban J connectivity index is 2.26. The summed E-state index contributed by atoms with van der Waals surface area (Å²) in [7, 11) is 0. The zero-order chi connectivity index (χ0) is 14.1. The number of nitrogens with one attached hydrogen (secondary N) is 1. The summed E-state index contributed by atoms with van der Waals surface area (Å²) in [6, 6.07) is 11.9. The highest BCUT2D eigenvalue weighted by atomic mass is 79.9. The number of hydrogen-bond donors (Lipinski definition) is 1. The fraction of sp³-hybridized carbons (Fsp3) is 0.133. The highest BCUT2D eigenvalue weighted by molar-refractivity contribution is 9.10. The van der Waals surface area contributed by atoms with Gasteiger partial charge >= 0.3 is 0 Å². The molecule has 3 nitrogen and oxygen atoms in total. The number of para-hydroxylation sites is 1. The van der Waals surface area contributed by atoms with Gasteiger partial charge in [-0.3, -0.25) is 0 Å². The number of aryl methyl sites for hydroxylation is 1. The molecular formula is C15H12BrN3S. The molecule has 0 saturated carbocycles. The molecule has 2 heterocycles. The fourth-order valence-electron chi connectivity index (χ4n) is 2.07. The quantitative estimate of drug-likeness (QED) is 0.685. The normalized spacial score (nSPS) is 10.9. The molecule has 0 saturated heterocycles. The zero-order valence-electron chi connectivity index (χ0n) is 10.9. The van der Waals surface area contributed by atoms with Gasteiger partial charge in [0.1, 0.15) is 10.3 Å². The number of pyridine rings is 1. The van der Waals surface area contributed by atoms with E-state index in [0.717, 1.165) is 33.2 Å². The van der Waals surface area contributed by atoms with E-state index in [1.54, 1.807) is 0 Å². The van der Waals surface area contributed by atoms with Crippen molar-refractivity contribution in [2.24, 2.45) is 0 Å². The number of H-pyrrole nitrogens is 1. The second kappa shape index (κ2) is 5.42. The SMILES string of the molecule is CCc1cc(=S)nc(-c2nc3ccccc3cc2Br)[nH]1. The number of aromatic nitrogens is 3. The van der Waals surface area contributed by atoms with Crippen molar-refractivity contribution in [1.29, 1.82) is 0 Å². The van der Waals surface area contributed by atoms with E-state index in [9.17, 15) is 0 Å². The molecule has 0 spiro atoms. The summed E-state index contributed by atoms with van der Waals surface area (Å²) in [5.74, 6) is 0.701. The van der Waals surface area contributed by atoms with E-state index in [-0.39, 0.29) is 0 Å². The molecule has 0 unspecified atom stereocenters. The van der Waals surface area contributed by atoms with E-state index in [4.69, 9.17) is 12.2 Å². The van der Waals surface area contributed by atoms with Crippen LogP contribution < -0.4 is 0 Å². The number of aromatic amines is 1. The number of halogens is 1. The molecule has 0 aliphatic rings. The molecule has 0 atom stereocenters. The molecule has 100 valence electrons. The Morgan fingerprint density at radius 2 is 2.00 bits per heavy atom. The zero-order valence-corrected chi connectivity index (χ0v) is 13.3. The average Bonchev–Trinajstić information content (AvgIpc) is 2.45. The minimum absolute atomic E-state index is 0.581. The van der Waals surface area contributed by atoms with Gasteiger partial charge in [-0.2, -0.15) is 0 Å². The average molecular weight is 346 g/mol. The first kappa shape index (κ1) is 13.4. The monoisotopic (exact) mass is 345 g/mol. The molecule has 3 aromatic rings. The third-order valence-corrected chi connectivity index (χ3v) is 3.89. The maximum absolute atomic E-state index is 5.22. The fourth-order valence-corrected chi connectivity index (χ4v) is 2.82. The minimum Gasteiger partial charge on any atom is -0.342 e. The van der Waals surface area contributed by atoms with Gasteiger partial charge < -0.3 is 4.98 Å². The number of rotatable bonds is 2. The lowest BCUT2D eigenvalue weighted by atomic mass is 10.2. The Bertz CT molecular complexity index is 842. The summed E-state index contributed by atoms with van der Waals surface area (Å²) in [6.45, 7) is 2.08. The Kier molecular flexibility index (Phi) is 3.63. The van der Waals surface area contributed by atoms with E-state index < -0.39 is 0 Å². The summed E-state index contributed by atoms with van der Waals surface area (Å²) in [6.07, 6.45) is 0.879. The molecule has 1 N–H and O–H groups in total. The Labute approximate surface area is 130 Å². The van der Waals surface area contributed by atoms with Crippen molar-refractivity contribution >= 4 is 39.1 Å². The predicted octanol–water partition coefficient (Wildman–Crippen LogP) is 4.68. The summed E-state index contributed by atoms with van der Waals surface area (Å²) >= 11 is 8.79. The topological polar surface area (TPSA) is 41.6 Å². The van der Waals surface area contributed by atoms with E-state index in [1.165, 1.54) is 0 Å². The van der Waals surface area contributed by atoms with E-state index in [0.29, 0.717) is 10.5 Å². The van der Waals surface area contributed by atoms with Crippen LogP contribution in [-0.2, 0) is 6.42 Å². The van der Waals surface area contributed by atoms with Gasteiger partial charge in [0.15, 0.2) is 5.82 Å². The van der Waals surface area contributed by atoms with Gasteiger partial charge in [0, 0.05) is 15.6 Å². The van der Waals surface area contributed by atoms with Crippen molar-refractivity contribution in [2.45, 2.75) is 13.3 Å². The Morgan fingerprint density at radius 3 is 2.80 bits per heavy atom. The van der Waals surface area contributed by atoms with E-state index >= 15 is 0 Å². The molecular weight excluding hydrogens is 334 g/mol. The van der Waals surface area contributed by atoms with Crippen LogP contribution in [0, 0.1) is 4.64 Å². The van der Waals surface area contributed by atoms with Gasteiger partial charge in [0.25, 0.3) is 0 Å². The molecule has 1 aromatic carbocycles. The standard InChI is InChI=1S/C15H12BrN3S/c1-2-10-8-13(20)19-15(17-10)14-11(16)7-9-5-3-4-6-12(9)18-14/h3-8H,2H2,1H3,(H,17,19,20). The van der Waals surface area contributed by atoms with Crippen LogP contribution in [0.3, 0.4) is 0 Å². The van der Waals surface area contributed by atoms with Crippen LogP contribution in [0.25, 0.3) is 22.4 Å². The minimum atomic E-state index is 0.581. The Morgan fingerprint density at radius 1 is 1.20 bits per heavy atom. The molecule has 0 aliphatic heterocycles. The van der Waals surface area contributed by atoms with Crippen molar-refractivity contribution in [3.63, 3.8) is 0 Å². The summed E-state index contributed by atoms with van der Waals surface area (Å²) in [4.78, 5) is 12.3. The Hall–Kier alpha value is -1.59. The molecule has 5 heteroatoms. The van der Waals surface area contributed by atoms with Gasteiger partial charge in [-0.1, -0.05) is 37.3 Å². The third-order valence-electron chi connectivity index (χ3n) is 3.08. The van der Waals surface area contributed by atoms with Crippen LogP contribution in [0.1, 0.15) is 12.6 Å². The molecule has 0 bridgehead atoms. The van der Waals surface area contributed by atoms with Crippen molar-refractivity contribution < 1.29 is 0 Å². The van der Waals surface area contributed by atoms with Gasteiger partial charge in [0.2, 0.25) is 0 Å². The first-order valence-electron chi connectivity index (χ1n) is 6.33. The van der Waals surface area contributed by atoms with Crippen LogP contribution in [0.15, 0.2) is 40.9 Å². The van der Waals surface area contributed by atoms with Gasteiger partial charge in [-0.05, 0) is 40.5 Å². The first-order valence-corrected chi connectivity index (χ1v) is 7.53. The number of benzene rings is 1. The van der Waals surface area contributed by atoms with Gasteiger partial charge in [0.05, 0.1) is 5.52 Å². The van der Waals surface area contributed by atoms with Crippen molar-refractivity contribution in [3.8, 4) is 11.5 Å². The smallest absolute Gasteiger partial charge is 0.159 e. The summed E-state index contributed by atoms with van der Waals surface area (Å²) in [5, 5.41) is 1.09. The van der Waals surface area contributed by atoms with Crippen LogP contribution in [0.5, 0.6) is 0 Å². The molecule has 20 heavy (non-hydrogen) atoms. The number of nitrogens with zero attached hydrogens (tertiary/aromatic N) is 2. The van der Waals surface area contributed by atoms with Crippen LogP contribution >= 0.6 is 28.1 Å². The highest BCUT2D eigenvalue weighted by Crippen LogP contribution is 2.27. The third kappa shape index (κ3) is 2.51. The van der Waals surface area contributed by atoms with Crippen LogP contribution in [0.2, 0.25) is 0 Å². The van der Waals surface area contributed by atoms with E-state index in [2.05, 4.69) is 43.9 Å².